The Morgan fingerprint density at radius 2 is 1.95 bits per heavy atom. The molecule has 0 unspecified atom stereocenters. The lowest BCUT2D eigenvalue weighted by atomic mass is 10.00. The fourth-order valence-corrected chi connectivity index (χ4v) is 2.97. The van der Waals surface area contributed by atoms with Gasteiger partial charge in [0, 0.05) is 32.4 Å². The first-order valence-corrected chi connectivity index (χ1v) is 7.88. The van der Waals surface area contributed by atoms with Crippen molar-refractivity contribution in [1.29, 1.82) is 0 Å². The molecule has 2 nitrogen and oxygen atoms in total. The monoisotopic (exact) mass is 272 g/mol. The summed E-state index contributed by atoms with van der Waals surface area (Å²) in [7, 11) is 4.15. The smallest absolute Gasteiger partial charge is 0.0361 e. The van der Waals surface area contributed by atoms with Gasteiger partial charge in [0.25, 0.3) is 0 Å². The van der Waals surface area contributed by atoms with E-state index in [9.17, 15) is 0 Å². The number of hydrogen-bond donors (Lipinski definition) is 0. The third-order valence-corrected chi connectivity index (χ3v) is 4.28. The van der Waals surface area contributed by atoms with Crippen molar-refractivity contribution in [3.8, 4) is 0 Å². The Morgan fingerprint density at radius 3 is 2.60 bits per heavy atom. The zero-order valence-corrected chi connectivity index (χ0v) is 13.2. The molecule has 0 aliphatic carbocycles. The van der Waals surface area contributed by atoms with Crippen LogP contribution in [0.1, 0.15) is 38.2 Å². The van der Waals surface area contributed by atoms with Crippen molar-refractivity contribution < 1.29 is 0 Å². The first kappa shape index (κ1) is 15.1. The molecule has 1 aromatic carbocycles. The van der Waals surface area contributed by atoms with Crippen LogP contribution >= 0.6 is 0 Å². The summed E-state index contributed by atoms with van der Waals surface area (Å²) in [4.78, 5) is 4.77. The van der Waals surface area contributed by atoms with Gasteiger partial charge in [0.05, 0.1) is 0 Å². The van der Waals surface area contributed by atoms with Crippen LogP contribution in [0.25, 0.3) is 6.08 Å². The van der Waals surface area contributed by atoms with Gasteiger partial charge < -0.3 is 4.90 Å². The summed E-state index contributed by atoms with van der Waals surface area (Å²) in [6, 6.07) is 9.54. The van der Waals surface area contributed by atoms with Gasteiger partial charge in [-0.2, -0.15) is 0 Å². The number of nitrogens with zero attached hydrogens (tertiary/aromatic N) is 2. The molecule has 0 bridgehead atoms. The predicted molar refractivity (Wildman–Crippen MR) is 89.3 cm³/mol. The first-order chi connectivity index (χ1) is 9.70. The minimum absolute atomic E-state index is 0.796. The lowest BCUT2D eigenvalue weighted by Gasteiger charge is -2.34. The molecule has 1 heterocycles. The van der Waals surface area contributed by atoms with Gasteiger partial charge in [-0.1, -0.05) is 37.6 Å². The van der Waals surface area contributed by atoms with Crippen molar-refractivity contribution in [1.82, 2.24) is 4.90 Å². The Balaban J connectivity index is 1.89. The van der Waals surface area contributed by atoms with Gasteiger partial charge >= 0.3 is 0 Å². The van der Waals surface area contributed by atoms with Crippen LogP contribution in [0.2, 0.25) is 0 Å². The maximum absolute atomic E-state index is 2.63. The minimum atomic E-state index is 0.796. The van der Waals surface area contributed by atoms with Gasteiger partial charge in [-0.25, -0.2) is 0 Å². The summed E-state index contributed by atoms with van der Waals surface area (Å²) in [5, 5.41) is 0. The van der Waals surface area contributed by atoms with Gasteiger partial charge in [-0.05, 0) is 43.5 Å². The zero-order chi connectivity index (χ0) is 14.4. The Hall–Kier alpha value is -1.28. The summed E-state index contributed by atoms with van der Waals surface area (Å²) in [6.45, 7) is 4.67. The fraction of sp³-hybridized carbons (Fsp3) is 0.556. The van der Waals surface area contributed by atoms with Crippen LogP contribution in [-0.4, -0.2) is 38.1 Å². The number of piperidine rings is 1. The average Bonchev–Trinajstić information content (AvgIpc) is 2.48. The third-order valence-electron chi connectivity index (χ3n) is 4.28. The van der Waals surface area contributed by atoms with Crippen molar-refractivity contribution in [3.05, 3.63) is 35.9 Å². The highest BCUT2D eigenvalue weighted by molar-refractivity contribution is 5.55. The average molecular weight is 272 g/mol. The first-order valence-electron chi connectivity index (χ1n) is 7.88. The lowest BCUT2D eigenvalue weighted by molar-refractivity contribution is 0.161. The quantitative estimate of drug-likeness (QED) is 0.798. The molecule has 0 aromatic heterocycles. The molecule has 1 aliphatic heterocycles. The molecular weight excluding hydrogens is 244 g/mol. The Kier molecular flexibility index (Phi) is 5.66. The Bertz CT molecular complexity index is 420. The topological polar surface area (TPSA) is 6.48 Å². The van der Waals surface area contributed by atoms with Gasteiger partial charge in [0.1, 0.15) is 0 Å². The normalized spacial score (nSPS) is 20.4. The molecule has 2 heteroatoms. The minimum Gasteiger partial charge on any atom is -0.378 e. The molecule has 0 N–H and O–H groups in total. The Morgan fingerprint density at radius 1 is 1.20 bits per heavy atom. The summed E-state index contributed by atoms with van der Waals surface area (Å²) in [5.41, 5.74) is 2.55. The molecule has 2 rings (SSSR count). The molecule has 0 radical (unpaired) electrons. The highest BCUT2D eigenvalue weighted by Gasteiger charge is 2.18. The number of rotatable bonds is 5. The summed E-state index contributed by atoms with van der Waals surface area (Å²) >= 11 is 0. The van der Waals surface area contributed by atoms with Gasteiger partial charge in [-0.3, -0.25) is 4.90 Å². The van der Waals surface area contributed by atoms with Gasteiger partial charge in [-0.15, -0.1) is 0 Å². The molecule has 0 saturated carbocycles. The molecule has 0 amide bonds. The van der Waals surface area contributed by atoms with E-state index in [2.05, 4.69) is 67.2 Å². The zero-order valence-electron chi connectivity index (χ0n) is 13.2. The number of hydrogen-bond acceptors (Lipinski definition) is 2. The SMILES string of the molecule is CC[C@H]1CCCCN1C/C=C/c1ccc(N(C)C)cc1. The maximum Gasteiger partial charge on any atom is 0.0361 e. The second kappa shape index (κ2) is 7.49. The van der Waals surface area contributed by atoms with E-state index in [0.717, 1.165) is 12.6 Å². The molecule has 1 saturated heterocycles. The molecule has 20 heavy (non-hydrogen) atoms. The Labute approximate surface area is 124 Å². The summed E-state index contributed by atoms with van der Waals surface area (Å²) in [6.07, 6.45) is 10.00. The van der Waals surface area contributed by atoms with Crippen LogP contribution in [0.15, 0.2) is 30.3 Å². The standard InChI is InChI=1S/C18H28N2/c1-4-17-9-5-6-14-20(17)15-7-8-16-10-12-18(13-11-16)19(2)3/h7-8,10-13,17H,4-6,9,14-15H2,1-3H3/b8-7+/t17-/m0/s1. The lowest BCUT2D eigenvalue weighted by Crippen LogP contribution is -2.38. The van der Waals surface area contributed by atoms with E-state index in [4.69, 9.17) is 0 Å². The molecule has 110 valence electrons. The maximum atomic E-state index is 2.63. The van der Waals surface area contributed by atoms with Crippen LogP contribution in [0.5, 0.6) is 0 Å². The van der Waals surface area contributed by atoms with Crippen molar-refractivity contribution in [3.63, 3.8) is 0 Å². The van der Waals surface area contributed by atoms with Crippen LogP contribution in [0, 0.1) is 0 Å². The molecule has 0 spiro atoms. The number of benzene rings is 1. The van der Waals surface area contributed by atoms with E-state index < -0.39 is 0 Å². The molecule has 1 atom stereocenters. The highest BCUT2D eigenvalue weighted by Crippen LogP contribution is 2.19. The van der Waals surface area contributed by atoms with Crippen molar-refractivity contribution >= 4 is 11.8 Å². The second-order valence-corrected chi connectivity index (χ2v) is 5.94. The van der Waals surface area contributed by atoms with Crippen LogP contribution in [0.3, 0.4) is 0 Å². The van der Waals surface area contributed by atoms with Gasteiger partial charge in [0.15, 0.2) is 0 Å². The number of likely N-dealkylation sites (tertiary alicyclic amines) is 1. The van der Waals surface area contributed by atoms with E-state index in [1.165, 1.54) is 43.5 Å². The van der Waals surface area contributed by atoms with E-state index in [-0.39, 0.29) is 0 Å². The van der Waals surface area contributed by atoms with Crippen LogP contribution in [0.4, 0.5) is 5.69 Å². The molecule has 1 aliphatic rings. The van der Waals surface area contributed by atoms with Crippen LogP contribution < -0.4 is 4.90 Å². The third kappa shape index (κ3) is 4.11. The largest absolute Gasteiger partial charge is 0.378 e. The van der Waals surface area contributed by atoms with E-state index in [0.29, 0.717) is 0 Å². The van der Waals surface area contributed by atoms with Crippen molar-refractivity contribution in [2.45, 2.75) is 38.6 Å². The number of anilines is 1. The predicted octanol–water partition coefficient (Wildman–Crippen LogP) is 4.03. The van der Waals surface area contributed by atoms with Crippen LogP contribution in [-0.2, 0) is 0 Å². The van der Waals surface area contributed by atoms with E-state index >= 15 is 0 Å². The molecular formula is C18H28N2. The molecule has 1 fully saturated rings. The molecule has 1 aromatic rings. The van der Waals surface area contributed by atoms with Crippen molar-refractivity contribution in [2.24, 2.45) is 0 Å². The van der Waals surface area contributed by atoms with E-state index in [1.807, 2.05) is 0 Å². The van der Waals surface area contributed by atoms with Crippen molar-refractivity contribution in [2.75, 3.05) is 32.1 Å². The second-order valence-electron chi connectivity index (χ2n) is 5.94. The van der Waals surface area contributed by atoms with E-state index in [1.54, 1.807) is 0 Å². The fourth-order valence-electron chi connectivity index (χ4n) is 2.97. The van der Waals surface area contributed by atoms with Gasteiger partial charge in [0.2, 0.25) is 0 Å². The highest BCUT2D eigenvalue weighted by atomic mass is 15.2. The summed E-state index contributed by atoms with van der Waals surface area (Å²) < 4.78 is 0. The summed E-state index contributed by atoms with van der Waals surface area (Å²) in [5.74, 6) is 0.